The summed E-state index contributed by atoms with van der Waals surface area (Å²) in [6.45, 7) is 7.99. The second-order valence-corrected chi connectivity index (χ2v) is 9.33. The van der Waals surface area contributed by atoms with Gasteiger partial charge in [-0.3, -0.25) is 15.0 Å². The number of amidine groups is 1. The Balaban J connectivity index is 2.33. The van der Waals surface area contributed by atoms with Crippen LogP contribution in [0, 0.1) is 10.1 Å². The van der Waals surface area contributed by atoms with E-state index in [4.69, 9.17) is 9.47 Å². The highest BCUT2D eigenvalue weighted by Gasteiger charge is 2.42. The fourth-order valence-electron chi connectivity index (χ4n) is 4.43. The van der Waals surface area contributed by atoms with Crippen molar-refractivity contribution in [1.82, 2.24) is 4.90 Å². The van der Waals surface area contributed by atoms with Crippen LogP contribution < -0.4 is 0 Å². The van der Waals surface area contributed by atoms with E-state index in [-0.39, 0.29) is 30.0 Å². The second-order valence-electron chi connectivity index (χ2n) is 9.33. The summed E-state index contributed by atoms with van der Waals surface area (Å²) in [5, 5.41) is 11.9. The topological polar surface area (TPSA) is 111 Å². The zero-order valence-corrected chi connectivity index (χ0v) is 22.7. The number of hydrogen-bond acceptors (Lipinski definition) is 7. The maximum atomic E-state index is 13.3. The van der Waals surface area contributed by atoms with Crippen molar-refractivity contribution < 1.29 is 24.0 Å². The van der Waals surface area contributed by atoms with E-state index >= 15 is 0 Å². The summed E-state index contributed by atoms with van der Waals surface area (Å²) in [4.78, 5) is 43.6. The SMILES string of the molecule is CCCCCCCOC(=O)C1=C(C)N=C(C)N(C(=O)OCCCCCCC)C1c1ccccc1[N+](=O)[O-]. The predicted molar refractivity (Wildman–Crippen MR) is 143 cm³/mol. The molecular formula is C28H41N3O6. The van der Waals surface area contributed by atoms with Gasteiger partial charge in [0, 0.05) is 6.07 Å². The van der Waals surface area contributed by atoms with Gasteiger partial charge in [0.25, 0.3) is 5.69 Å². The molecular weight excluding hydrogens is 474 g/mol. The quantitative estimate of drug-likeness (QED) is 0.105. The number of nitro groups is 1. The molecule has 1 aliphatic rings. The molecule has 0 saturated heterocycles. The van der Waals surface area contributed by atoms with Crippen molar-refractivity contribution in [3.8, 4) is 0 Å². The monoisotopic (exact) mass is 515 g/mol. The van der Waals surface area contributed by atoms with Crippen molar-refractivity contribution >= 4 is 23.6 Å². The Kier molecular flexibility index (Phi) is 12.8. The van der Waals surface area contributed by atoms with Gasteiger partial charge in [0.2, 0.25) is 0 Å². The lowest BCUT2D eigenvalue weighted by molar-refractivity contribution is -0.385. The summed E-state index contributed by atoms with van der Waals surface area (Å²) in [5.41, 5.74) is 0.474. The molecule has 1 aromatic rings. The van der Waals surface area contributed by atoms with E-state index in [0.717, 1.165) is 57.8 Å². The van der Waals surface area contributed by atoms with Crippen molar-refractivity contribution in [2.45, 2.75) is 97.9 Å². The molecule has 0 spiro atoms. The minimum absolute atomic E-state index is 0.105. The Hall–Kier alpha value is -3.23. The molecule has 0 bridgehead atoms. The predicted octanol–water partition coefficient (Wildman–Crippen LogP) is 7.26. The second kappa shape index (κ2) is 15.8. The third kappa shape index (κ3) is 8.68. The van der Waals surface area contributed by atoms with Crippen LogP contribution in [0.25, 0.3) is 0 Å². The number of esters is 1. The van der Waals surface area contributed by atoms with E-state index in [9.17, 15) is 19.7 Å². The molecule has 1 amide bonds. The molecule has 0 fully saturated rings. The minimum atomic E-state index is -1.08. The normalized spacial score (nSPS) is 15.4. The van der Waals surface area contributed by atoms with E-state index in [0.29, 0.717) is 18.0 Å². The van der Waals surface area contributed by atoms with Gasteiger partial charge in [0.15, 0.2) is 0 Å². The third-order valence-corrected chi connectivity index (χ3v) is 6.40. The fourth-order valence-corrected chi connectivity index (χ4v) is 4.43. The number of rotatable bonds is 15. The molecule has 0 radical (unpaired) electrons. The molecule has 1 heterocycles. The van der Waals surface area contributed by atoms with Gasteiger partial charge >= 0.3 is 12.1 Å². The number of amides is 1. The standard InChI is InChI=1S/C28H41N3O6/c1-5-7-9-11-15-19-36-27(32)25-21(3)29-22(4)30(28(33)37-20-16-12-10-8-6-2)26(25)23-17-13-14-18-24(23)31(34)35/h13-14,17-18,26H,5-12,15-16,19-20H2,1-4H3. The summed E-state index contributed by atoms with van der Waals surface area (Å²) in [6, 6.07) is 5.03. The number of unbranched alkanes of at least 4 members (excludes halogenated alkanes) is 8. The van der Waals surface area contributed by atoms with Gasteiger partial charge in [-0.2, -0.15) is 0 Å². The number of allylic oxidation sites excluding steroid dienone is 1. The minimum Gasteiger partial charge on any atom is -0.462 e. The molecule has 0 aromatic heterocycles. The highest BCUT2D eigenvalue weighted by Crippen LogP contribution is 2.40. The smallest absolute Gasteiger partial charge is 0.416 e. The van der Waals surface area contributed by atoms with Crippen molar-refractivity contribution in [1.29, 1.82) is 0 Å². The first-order chi connectivity index (χ1) is 17.8. The van der Waals surface area contributed by atoms with Crippen LogP contribution in [0.5, 0.6) is 0 Å². The zero-order chi connectivity index (χ0) is 27.2. The summed E-state index contributed by atoms with van der Waals surface area (Å²) >= 11 is 0. The van der Waals surface area contributed by atoms with Crippen LogP contribution in [0.4, 0.5) is 10.5 Å². The molecule has 9 heteroatoms. The number of aliphatic imine (C=N–C) groups is 1. The molecule has 9 nitrogen and oxygen atoms in total. The van der Waals surface area contributed by atoms with Crippen LogP contribution in [0.2, 0.25) is 0 Å². The van der Waals surface area contributed by atoms with E-state index < -0.39 is 23.0 Å². The number of nitro benzene ring substituents is 1. The number of para-hydroxylation sites is 1. The Morgan fingerprint density at radius 3 is 2.08 bits per heavy atom. The van der Waals surface area contributed by atoms with Gasteiger partial charge < -0.3 is 9.47 Å². The Bertz CT molecular complexity index is 988. The van der Waals surface area contributed by atoms with Gasteiger partial charge in [-0.05, 0) is 32.8 Å². The van der Waals surface area contributed by atoms with Gasteiger partial charge in [-0.15, -0.1) is 0 Å². The van der Waals surface area contributed by atoms with Gasteiger partial charge in [-0.25, -0.2) is 14.6 Å². The maximum Gasteiger partial charge on any atom is 0.416 e. The average molecular weight is 516 g/mol. The third-order valence-electron chi connectivity index (χ3n) is 6.40. The van der Waals surface area contributed by atoms with Crippen LogP contribution in [0.3, 0.4) is 0 Å². The molecule has 37 heavy (non-hydrogen) atoms. The number of carbonyl (C=O) groups is 2. The van der Waals surface area contributed by atoms with Crippen molar-refractivity contribution in [2.24, 2.45) is 4.99 Å². The number of hydrogen-bond donors (Lipinski definition) is 0. The van der Waals surface area contributed by atoms with Crippen LogP contribution in [-0.2, 0) is 14.3 Å². The molecule has 0 saturated carbocycles. The lowest BCUT2D eigenvalue weighted by Gasteiger charge is -2.35. The van der Waals surface area contributed by atoms with Gasteiger partial charge in [0.1, 0.15) is 11.9 Å². The van der Waals surface area contributed by atoms with Gasteiger partial charge in [0.05, 0.1) is 35.0 Å². The molecule has 1 aromatic carbocycles. The van der Waals surface area contributed by atoms with Crippen LogP contribution in [-0.4, -0.2) is 40.9 Å². The lowest BCUT2D eigenvalue weighted by atomic mass is 9.92. The number of ether oxygens (including phenoxy) is 2. The van der Waals surface area contributed by atoms with Crippen LogP contribution in [0.15, 0.2) is 40.5 Å². The highest BCUT2D eigenvalue weighted by molar-refractivity contribution is 6.01. The molecule has 0 N–H and O–H groups in total. The Morgan fingerprint density at radius 1 is 0.919 bits per heavy atom. The van der Waals surface area contributed by atoms with Crippen molar-refractivity contribution in [3.63, 3.8) is 0 Å². The largest absolute Gasteiger partial charge is 0.462 e. The molecule has 204 valence electrons. The van der Waals surface area contributed by atoms with Crippen molar-refractivity contribution in [3.05, 3.63) is 51.2 Å². The lowest BCUT2D eigenvalue weighted by Crippen LogP contribution is -2.44. The zero-order valence-electron chi connectivity index (χ0n) is 22.7. The molecule has 0 aliphatic carbocycles. The maximum absolute atomic E-state index is 13.3. The first kappa shape index (κ1) is 30.0. The Morgan fingerprint density at radius 2 is 1.49 bits per heavy atom. The van der Waals surface area contributed by atoms with E-state index in [2.05, 4.69) is 18.8 Å². The van der Waals surface area contributed by atoms with Gasteiger partial charge in [-0.1, -0.05) is 77.3 Å². The van der Waals surface area contributed by atoms with Crippen LogP contribution >= 0.6 is 0 Å². The number of benzene rings is 1. The van der Waals surface area contributed by atoms with E-state index in [1.54, 1.807) is 32.0 Å². The number of carbonyl (C=O) groups excluding carboxylic acids is 2. The molecule has 1 aliphatic heterocycles. The Labute approximate surface area is 220 Å². The fraction of sp³-hybridized carbons (Fsp3) is 0.607. The summed E-state index contributed by atoms with van der Waals surface area (Å²) in [7, 11) is 0. The molecule has 1 unspecified atom stereocenters. The van der Waals surface area contributed by atoms with E-state index in [1.165, 1.54) is 11.0 Å². The first-order valence-electron chi connectivity index (χ1n) is 13.5. The summed E-state index contributed by atoms with van der Waals surface area (Å²) in [5.74, 6) is -0.336. The first-order valence-corrected chi connectivity index (χ1v) is 13.5. The molecule has 1 atom stereocenters. The van der Waals surface area contributed by atoms with Crippen molar-refractivity contribution in [2.75, 3.05) is 13.2 Å². The van der Waals surface area contributed by atoms with Crippen LogP contribution in [0.1, 0.15) is 104 Å². The number of nitrogens with zero attached hydrogens (tertiary/aromatic N) is 3. The summed E-state index contributed by atoms with van der Waals surface area (Å²) < 4.78 is 11.1. The summed E-state index contributed by atoms with van der Waals surface area (Å²) in [6.07, 6.45) is 9.24. The highest BCUT2D eigenvalue weighted by atomic mass is 16.6. The molecule has 2 rings (SSSR count). The van der Waals surface area contributed by atoms with E-state index in [1.807, 2.05) is 0 Å². The average Bonchev–Trinajstić information content (AvgIpc) is 2.87.